The zero-order valence-corrected chi connectivity index (χ0v) is 12.3. The molecule has 1 aromatic heterocycles. The molecule has 1 amide bonds. The highest BCUT2D eigenvalue weighted by atomic mass is 32.2. The Morgan fingerprint density at radius 3 is 2.75 bits per heavy atom. The predicted molar refractivity (Wildman–Crippen MR) is 71.3 cm³/mol. The molecule has 2 N–H and O–H groups in total. The number of nitrogens with zero attached hydrogens (tertiary/aromatic N) is 2. The van der Waals surface area contributed by atoms with E-state index < -0.39 is 23.7 Å². The molecule has 1 aromatic rings. The number of carbonyl (C=O) groups excluding carboxylic acids is 1. The van der Waals surface area contributed by atoms with E-state index in [-0.39, 0.29) is 5.75 Å². The molecule has 0 saturated heterocycles. The van der Waals surface area contributed by atoms with Gasteiger partial charge in [-0.05, 0) is 20.8 Å². The minimum Gasteiger partial charge on any atom is -0.480 e. The molecule has 9 heteroatoms. The van der Waals surface area contributed by atoms with Crippen molar-refractivity contribution in [3.05, 3.63) is 12.2 Å². The van der Waals surface area contributed by atoms with Crippen LogP contribution >= 0.6 is 11.8 Å². The van der Waals surface area contributed by atoms with Crippen LogP contribution in [0.4, 0.5) is 4.79 Å². The fraction of sp³-hybridized carbons (Fsp3) is 0.636. The number of aromatic nitrogens is 2. The van der Waals surface area contributed by atoms with Gasteiger partial charge in [0.25, 0.3) is 0 Å². The monoisotopic (exact) mass is 303 g/mol. The minimum absolute atomic E-state index is 0.164. The number of hydrogen-bond donors (Lipinski definition) is 2. The number of alkyl carbamates (subject to hydrolysis) is 1. The Balaban J connectivity index is 2.40. The minimum atomic E-state index is -1.13. The van der Waals surface area contributed by atoms with Gasteiger partial charge < -0.3 is 19.7 Å². The first-order valence-corrected chi connectivity index (χ1v) is 6.99. The van der Waals surface area contributed by atoms with E-state index in [1.807, 2.05) is 0 Å². The van der Waals surface area contributed by atoms with Gasteiger partial charge in [-0.25, -0.2) is 9.59 Å². The van der Waals surface area contributed by atoms with Crippen LogP contribution in [0.5, 0.6) is 0 Å². The van der Waals surface area contributed by atoms with Gasteiger partial charge in [-0.15, -0.1) is 11.8 Å². The summed E-state index contributed by atoms with van der Waals surface area (Å²) in [7, 11) is 0. The highest BCUT2D eigenvalue weighted by Crippen LogP contribution is 2.12. The summed E-state index contributed by atoms with van der Waals surface area (Å²) in [5.41, 5.74) is -0.677. The van der Waals surface area contributed by atoms with Gasteiger partial charge in [-0.2, -0.15) is 4.98 Å². The first kappa shape index (κ1) is 16.3. The lowest BCUT2D eigenvalue weighted by atomic mass is 10.2. The van der Waals surface area contributed by atoms with E-state index in [1.54, 1.807) is 20.8 Å². The Bertz CT molecular complexity index is 443. The lowest BCUT2D eigenvalue weighted by Gasteiger charge is -2.21. The van der Waals surface area contributed by atoms with Gasteiger partial charge in [0.05, 0.1) is 5.75 Å². The summed E-state index contributed by atoms with van der Waals surface area (Å²) in [5, 5.41) is 14.8. The molecule has 1 heterocycles. The summed E-state index contributed by atoms with van der Waals surface area (Å²) < 4.78 is 9.79. The third-order valence-electron chi connectivity index (χ3n) is 1.91. The van der Waals surface area contributed by atoms with Crippen molar-refractivity contribution in [3.63, 3.8) is 0 Å². The number of thioether (sulfide) groups is 1. The molecule has 1 atom stereocenters. The smallest absolute Gasteiger partial charge is 0.408 e. The molecule has 0 spiro atoms. The molecule has 1 rings (SSSR count). The summed E-state index contributed by atoms with van der Waals surface area (Å²) in [6, 6.07) is -1.04. The molecule has 20 heavy (non-hydrogen) atoms. The second-order valence-corrected chi connectivity index (χ2v) is 5.92. The SMILES string of the molecule is CC(C)(C)OC(=O)NC(CSCc1ncno1)C(=O)O. The van der Waals surface area contributed by atoms with Crippen molar-refractivity contribution in [1.82, 2.24) is 15.5 Å². The van der Waals surface area contributed by atoms with Gasteiger partial charge >= 0.3 is 12.1 Å². The Labute approximate surface area is 120 Å². The van der Waals surface area contributed by atoms with E-state index in [4.69, 9.17) is 14.4 Å². The van der Waals surface area contributed by atoms with Crippen molar-refractivity contribution < 1.29 is 24.0 Å². The molecule has 0 aliphatic heterocycles. The zero-order chi connectivity index (χ0) is 15.2. The molecule has 0 radical (unpaired) electrons. The first-order valence-electron chi connectivity index (χ1n) is 5.83. The van der Waals surface area contributed by atoms with E-state index in [0.29, 0.717) is 11.6 Å². The van der Waals surface area contributed by atoms with E-state index in [1.165, 1.54) is 18.1 Å². The van der Waals surface area contributed by atoms with Crippen LogP contribution in [0.1, 0.15) is 26.7 Å². The molecule has 0 bridgehead atoms. The average Bonchev–Trinajstić information content (AvgIpc) is 2.77. The fourth-order valence-electron chi connectivity index (χ4n) is 1.15. The summed E-state index contributed by atoms with van der Waals surface area (Å²) in [4.78, 5) is 26.4. The second kappa shape index (κ2) is 7.13. The molecule has 8 nitrogen and oxygen atoms in total. The molecular formula is C11H17N3O5S. The van der Waals surface area contributed by atoms with Gasteiger partial charge in [-0.1, -0.05) is 5.16 Å². The normalized spacial score (nSPS) is 12.8. The Morgan fingerprint density at radius 2 is 2.25 bits per heavy atom. The molecule has 0 aliphatic rings. The average molecular weight is 303 g/mol. The number of ether oxygens (including phenoxy) is 1. The van der Waals surface area contributed by atoms with Crippen LogP contribution in [0.25, 0.3) is 0 Å². The van der Waals surface area contributed by atoms with Crippen LogP contribution in [0.15, 0.2) is 10.9 Å². The summed E-state index contributed by atoms with van der Waals surface area (Å²) in [6.07, 6.45) is 0.507. The molecule has 0 aliphatic carbocycles. The molecule has 112 valence electrons. The zero-order valence-electron chi connectivity index (χ0n) is 11.5. The molecular weight excluding hydrogens is 286 g/mol. The number of carboxylic acids is 1. The Hall–Kier alpha value is -1.77. The van der Waals surface area contributed by atoms with Crippen LogP contribution in [0, 0.1) is 0 Å². The third kappa shape index (κ3) is 6.41. The standard InChI is InChI=1S/C11H17N3O5S/c1-11(2,3)18-10(17)14-7(9(15)16)4-20-5-8-12-6-13-19-8/h6-7H,4-5H2,1-3H3,(H,14,17)(H,15,16). The molecule has 0 fully saturated rings. The third-order valence-corrected chi connectivity index (χ3v) is 2.93. The van der Waals surface area contributed by atoms with Crippen molar-refractivity contribution in [1.29, 1.82) is 0 Å². The summed E-state index contributed by atoms with van der Waals surface area (Å²) in [6.45, 7) is 5.10. The van der Waals surface area contributed by atoms with Crippen molar-refractivity contribution in [3.8, 4) is 0 Å². The fourth-order valence-corrected chi connectivity index (χ4v) is 2.03. The summed E-state index contributed by atoms with van der Waals surface area (Å²) >= 11 is 1.26. The maximum absolute atomic E-state index is 11.5. The predicted octanol–water partition coefficient (Wildman–Crippen LogP) is 1.28. The van der Waals surface area contributed by atoms with Crippen LogP contribution in [-0.2, 0) is 15.3 Å². The lowest BCUT2D eigenvalue weighted by molar-refractivity contribution is -0.138. The molecule has 0 saturated carbocycles. The number of hydrogen-bond acceptors (Lipinski definition) is 7. The van der Waals surface area contributed by atoms with E-state index >= 15 is 0 Å². The Morgan fingerprint density at radius 1 is 1.55 bits per heavy atom. The van der Waals surface area contributed by atoms with Crippen LogP contribution in [0.3, 0.4) is 0 Å². The van der Waals surface area contributed by atoms with E-state index in [0.717, 1.165) is 0 Å². The van der Waals surface area contributed by atoms with E-state index in [2.05, 4.69) is 15.5 Å². The van der Waals surface area contributed by atoms with Gasteiger partial charge in [0.2, 0.25) is 5.89 Å². The van der Waals surface area contributed by atoms with Crippen LogP contribution in [-0.4, -0.2) is 44.7 Å². The first-order chi connectivity index (χ1) is 9.28. The number of carboxylic acid groups (broad SMARTS) is 1. The topological polar surface area (TPSA) is 115 Å². The second-order valence-electron chi connectivity index (χ2n) is 4.89. The molecule has 1 unspecified atom stereocenters. The maximum atomic E-state index is 11.5. The highest BCUT2D eigenvalue weighted by molar-refractivity contribution is 7.98. The summed E-state index contributed by atoms with van der Waals surface area (Å²) in [5.74, 6) is -0.193. The number of amides is 1. The van der Waals surface area contributed by atoms with Crippen molar-refractivity contribution >= 4 is 23.8 Å². The highest BCUT2D eigenvalue weighted by Gasteiger charge is 2.24. The van der Waals surface area contributed by atoms with Gasteiger partial charge in [0, 0.05) is 5.75 Å². The van der Waals surface area contributed by atoms with Gasteiger partial charge in [0.1, 0.15) is 11.6 Å². The quantitative estimate of drug-likeness (QED) is 0.807. The van der Waals surface area contributed by atoms with Crippen LogP contribution < -0.4 is 5.32 Å². The Kier molecular flexibility index (Phi) is 5.81. The number of rotatable bonds is 6. The van der Waals surface area contributed by atoms with Gasteiger partial charge in [0.15, 0.2) is 6.33 Å². The number of nitrogens with one attached hydrogen (secondary N) is 1. The lowest BCUT2D eigenvalue weighted by Crippen LogP contribution is -2.44. The van der Waals surface area contributed by atoms with Crippen molar-refractivity contribution in [2.75, 3.05) is 5.75 Å². The number of carbonyl (C=O) groups is 2. The van der Waals surface area contributed by atoms with Crippen molar-refractivity contribution in [2.45, 2.75) is 38.2 Å². The number of aliphatic carboxylic acids is 1. The molecule has 0 aromatic carbocycles. The largest absolute Gasteiger partial charge is 0.480 e. The van der Waals surface area contributed by atoms with Gasteiger partial charge in [-0.3, -0.25) is 0 Å². The maximum Gasteiger partial charge on any atom is 0.408 e. The van der Waals surface area contributed by atoms with Crippen molar-refractivity contribution in [2.24, 2.45) is 0 Å². The van der Waals surface area contributed by atoms with Crippen LogP contribution in [0.2, 0.25) is 0 Å². The van der Waals surface area contributed by atoms with E-state index in [9.17, 15) is 9.59 Å².